The van der Waals surface area contributed by atoms with Crippen LogP contribution in [0.2, 0.25) is 0 Å². The number of hydrogen-bond acceptors (Lipinski definition) is 4. The Hall–Kier alpha value is -1.40. The van der Waals surface area contributed by atoms with Crippen molar-refractivity contribution in [3.05, 3.63) is 33.1 Å². The van der Waals surface area contributed by atoms with Crippen LogP contribution in [0.5, 0.6) is 0 Å². The van der Waals surface area contributed by atoms with Crippen LogP contribution in [0.25, 0.3) is 0 Å². The standard InChI is InChI=1S/C13H15N3OS2/c1-8-2-5-12(19-8)16-13(17)15-9-3-4-10-11(6-9)18-7-14-10/h2,5,7,9H,3-4,6H2,1H3,(H2,15,16,17). The molecule has 0 saturated carbocycles. The molecule has 2 N–H and O–H groups in total. The molecule has 100 valence electrons. The van der Waals surface area contributed by atoms with E-state index < -0.39 is 0 Å². The average Bonchev–Trinajstić information content (AvgIpc) is 2.97. The SMILES string of the molecule is Cc1ccc(NC(=O)NC2CCc3ncsc3C2)s1. The highest BCUT2D eigenvalue weighted by Crippen LogP contribution is 2.24. The Morgan fingerprint density at radius 1 is 1.47 bits per heavy atom. The highest BCUT2D eigenvalue weighted by molar-refractivity contribution is 7.16. The van der Waals surface area contributed by atoms with Crippen LogP contribution in [0.3, 0.4) is 0 Å². The summed E-state index contributed by atoms with van der Waals surface area (Å²) < 4.78 is 0. The number of aromatic nitrogens is 1. The van der Waals surface area contributed by atoms with E-state index in [-0.39, 0.29) is 12.1 Å². The molecule has 19 heavy (non-hydrogen) atoms. The summed E-state index contributed by atoms with van der Waals surface area (Å²) in [6.45, 7) is 2.03. The van der Waals surface area contributed by atoms with E-state index >= 15 is 0 Å². The maximum Gasteiger partial charge on any atom is 0.320 e. The molecule has 0 aliphatic heterocycles. The molecule has 1 aliphatic carbocycles. The second-order valence-electron chi connectivity index (χ2n) is 4.67. The van der Waals surface area contributed by atoms with E-state index in [4.69, 9.17) is 0 Å². The smallest absolute Gasteiger partial charge is 0.320 e. The van der Waals surface area contributed by atoms with Crippen molar-refractivity contribution in [3.63, 3.8) is 0 Å². The van der Waals surface area contributed by atoms with Gasteiger partial charge in [-0.05, 0) is 31.9 Å². The predicted molar refractivity (Wildman–Crippen MR) is 79.1 cm³/mol. The first kappa shape index (κ1) is 12.6. The molecule has 2 aromatic heterocycles. The number of urea groups is 1. The summed E-state index contributed by atoms with van der Waals surface area (Å²) in [5.41, 5.74) is 3.10. The minimum absolute atomic E-state index is 0.111. The highest BCUT2D eigenvalue weighted by Gasteiger charge is 2.22. The third kappa shape index (κ3) is 2.96. The molecule has 0 spiro atoms. The quantitative estimate of drug-likeness (QED) is 0.893. The number of amides is 2. The minimum Gasteiger partial charge on any atom is -0.335 e. The molecule has 2 heterocycles. The van der Waals surface area contributed by atoms with Gasteiger partial charge in [-0.2, -0.15) is 0 Å². The lowest BCUT2D eigenvalue weighted by Gasteiger charge is -2.22. The molecule has 0 aromatic carbocycles. The number of anilines is 1. The Kier molecular flexibility index (Phi) is 3.52. The van der Waals surface area contributed by atoms with Crippen molar-refractivity contribution in [3.8, 4) is 0 Å². The summed E-state index contributed by atoms with van der Waals surface area (Å²) in [5, 5.41) is 6.82. The molecular weight excluding hydrogens is 278 g/mol. The summed E-state index contributed by atoms with van der Waals surface area (Å²) in [5.74, 6) is 0. The number of aryl methyl sites for hydroxylation is 2. The highest BCUT2D eigenvalue weighted by atomic mass is 32.1. The second-order valence-corrected chi connectivity index (χ2v) is 6.90. The number of rotatable bonds is 2. The molecule has 0 radical (unpaired) electrons. The van der Waals surface area contributed by atoms with Crippen molar-refractivity contribution in [2.75, 3.05) is 5.32 Å². The number of carbonyl (C=O) groups is 1. The zero-order valence-electron chi connectivity index (χ0n) is 10.6. The molecule has 0 fully saturated rings. The van der Waals surface area contributed by atoms with Gasteiger partial charge in [0.1, 0.15) is 0 Å². The van der Waals surface area contributed by atoms with E-state index in [1.54, 1.807) is 22.7 Å². The Balaban J connectivity index is 1.56. The van der Waals surface area contributed by atoms with Crippen LogP contribution >= 0.6 is 22.7 Å². The van der Waals surface area contributed by atoms with Crippen molar-refractivity contribution in [1.29, 1.82) is 0 Å². The van der Waals surface area contributed by atoms with Crippen LogP contribution in [0.15, 0.2) is 17.6 Å². The van der Waals surface area contributed by atoms with Crippen molar-refractivity contribution in [2.45, 2.75) is 32.2 Å². The first-order valence-electron chi connectivity index (χ1n) is 6.26. The molecule has 2 amide bonds. The molecule has 1 aliphatic rings. The van der Waals surface area contributed by atoms with E-state index in [1.165, 1.54) is 15.4 Å². The first-order chi connectivity index (χ1) is 9.20. The Morgan fingerprint density at radius 2 is 2.37 bits per heavy atom. The fourth-order valence-electron chi connectivity index (χ4n) is 2.26. The molecule has 0 saturated heterocycles. The third-order valence-corrected chi connectivity index (χ3v) is 5.01. The summed E-state index contributed by atoms with van der Waals surface area (Å²) in [7, 11) is 0. The van der Waals surface area contributed by atoms with Gasteiger partial charge in [0.15, 0.2) is 0 Å². The molecule has 4 nitrogen and oxygen atoms in total. The van der Waals surface area contributed by atoms with Gasteiger partial charge in [0.25, 0.3) is 0 Å². The monoisotopic (exact) mass is 293 g/mol. The number of thiazole rings is 1. The van der Waals surface area contributed by atoms with Crippen LogP contribution < -0.4 is 10.6 Å². The molecule has 1 atom stereocenters. The van der Waals surface area contributed by atoms with Crippen molar-refractivity contribution < 1.29 is 4.79 Å². The number of nitrogens with one attached hydrogen (secondary N) is 2. The number of nitrogens with zero attached hydrogens (tertiary/aromatic N) is 1. The number of carbonyl (C=O) groups excluding carboxylic acids is 1. The molecular formula is C13H15N3OS2. The first-order valence-corrected chi connectivity index (χ1v) is 7.95. The van der Waals surface area contributed by atoms with Gasteiger partial charge in [-0.25, -0.2) is 9.78 Å². The summed E-state index contributed by atoms with van der Waals surface area (Å²) in [6.07, 6.45) is 2.83. The van der Waals surface area contributed by atoms with E-state index in [0.717, 1.165) is 24.3 Å². The van der Waals surface area contributed by atoms with Crippen LogP contribution in [-0.4, -0.2) is 17.1 Å². The summed E-state index contributed by atoms with van der Waals surface area (Å²) in [4.78, 5) is 18.8. The van der Waals surface area contributed by atoms with Gasteiger partial charge < -0.3 is 5.32 Å². The van der Waals surface area contributed by atoms with E-state index in [0.29, 0.717) is 0 Å². The molecule has 6 heteroatoms. The largest absolute Gasteiger partial charge is 0.335 e. The van der Waals surface area contributed by atoms with Gasteiger partial charge in [0.2, 0.25) is 0 Å². The zero-order valence-corrected chi connectivity index (χ0v) is 12.2. The average molecular weight is 293 g/mol. The van der Waals surface area contributed by atoms with Crippen LogP contribution in [0.1, 0.15) is 21.9 Å². The normalized spacial score (nSPS) is 17.8. The van der Waals surface area contributed by atoms with E-state index in [2.05, 4.69) is 15.6 Å². The number of fused-ring (bicyclic) bond motifs is 1. The van der Waals surface area contributed by atoms with Gasteiger partial charge in [0, 0.05) is 22.2 Å². The summed E-state index contributed by atoms with van der Waals surface area (Å²) >= 11 is 3.27. The maximum absolute atomic E-state index is 11.9. The van der Waals surface area contributed by atoms with E-state index in [9.17, 15) is 4.79 Å². The van der Waals surface area contributed by atoms with Gasteiger partial charge in [-0.1, -0.05) is 0 Å². The second kappa shape index (κ2) is 5.30. The fourth-order valence-corrected chi connectivity index (χ4v) is 3.92. The Labute approximate surface area is 119 Å². The van der Waals surface area contributed by atoms with Crippen LogP contribution in [0, 0.1) is 6.92 Å². The topological polar surface area (TPSA) is 54.0 Å². The summed E-state index contributed by atoms with van der Waals surface area (Å²) in [6, 6.07) is 4.04. The Morgan fingerprint density at radius 3 is 3.16 bits per heavy atom. The molecule has 2 aromatic rings. The van der Waals surface area contributed by atoms with Gasteiger partial charge in [-0.3, -0.25) is 5.32 Å². The third-order valence-electron chi connectivity index (χ3n) is 3.20. The zero-order chi connectivity index (χ0) is 13.2. The minimum atomic E-state index is -0.111. The van der Waals surface area contributed by atoms with Crippen LogP contribution in [0.4, 0.5) is 9.80 Å². The lowest BCUT2D eigenvalue weighted by atomic mass is 9.98. The van der Waals surface area contributed by atoms with Crippen LogP contribution in [-0.2, 0) is 12.8 Å². The lowest BCUT2D eigenvalue weighted by molar-refractivity contribution is 0.247. The van der Waals surface area contributed by atoms with Crippen molar-refractivity contribution in [1.82, 2.24) is 10.3 Å². The number of hydrogen-bond donors (Lipinski definition) is 2. The Bertz CT molecular complexity index is 590. The van der Waals surface area contributed by atoms with Crippen molar-refractivity contribution >= 4 is 33.7 Å². The van der Waals surface area contributed by atoms with Crippen molar-refractivity contribution in [2.24, 2.45) is 0 Å². The van der Waals surface area contributed by atoms with Gasteiger partial charge in [0.05, 0.1) is 16.2 Å². The molecule has 0 bridgehead atoms. The number of thiophene rings is 1. The van der Waals surface area contributed by atoms with Gasteiger partial charge >= 0.3 is 6.03 Å². The predicted octanol–water partition coefficient (Wildman–Crippen LogP) is 3.19. The maximum atomic E-state index is 11.9. The molecule has 3 rings (SSSR count). The molecule has 1 unspecified atom stereocenters. The van der Waals surface area contributed by atoms with E-state index in [1.807, 2.05) is 24.6 Å². The fraction of sp³-hybridized carbons (Fsp3) is 0.385. The lowest BCUT2D eigenvalue weighted by Crippen LogP contribution is -2.40. The van der Waals surface area contributed by atoms with Gasteiger partial charge in [-0.15, -0.1) is 22.7 Å².